The number of nitrogens with zero attached hydrogens (tertiary/aromatic N) is 4. The lowest BCUT2D eigenvalue weighted by molar-refractivity contribution is -0.121. The second-order valence-electron chi connectivity index (χ2n) is 5.86. The average Bonchev–Trinajstić information content (AvgIpc) is 3.20. The minimum absolute atomic E-state index is 0.124. The van der Waals surface area contributed by atoms with Gasteiger partial charge in [-0.05, 0) is 19.9 Å². The highest BCUT2D eigenvalue weighted by Crippen LogP contribution is 2.28. The van der Waals surface area contributed by atoms with Gasteiger partial charge in [-0.3, -0.25) is 9.69 Å². The van der Waals surface area contributed by atoms with Crippen LogP contribution in [0, 0.1) is 24.3 Å². The Morgan fingerprint density at radius 3 is 3.00 bits per heavy atom. The molecule has 0 unspecified atom stereocenters. The van der Waals surface area contributed by atoms with E-state index in [0.29, 0.717) is 11.7 Å². The van der Waals surface area contributed by atoms with Crippen LogP contribution in [-0.2, 0) is 16.1 Å². The summed E-state index contributed by atoms with van der Waals surface area (Å²) in [6.07, 6.45) is 2.79. The number of amides is 1. The summed E-state index contributed by atoms with van der Waals surface area (Å²) in [7, 11) is 0. The predicted octanol–water partition coefficient (Wildman–Crippen LogP) is 0.707. The molecule has 1 amide bonds. The van der Waals surface area contributed by atoms with Crippen molar-refractivity contribution in [3.8, 4) is 6.19 Å². The van der Waals surface area contributed by atoms with E-state index >= 15 is 0 Å². The van der Waals surface area contributed by atoms with E-state index in [1.807, 2.05) is 13.1 Å². The Bertz CT molecular complexity index is 599. The molecule has 0 saturated carbocycles. The van der Waals surface area contributed by atoms with Crippen LogP contribution in [0.2, 0.25) is 0 Å². The van der Waals surface area contributed by atoms with Crippen molar-refractivity contribution in [1.82, 2.24) is 15.2 Å². The van der Waals surface area contributed by atoms with Crippen LogP contribution in [0.5, 0.6) is 0 Å². The van der Waals surface area contributed by atoms with Crippen LogP contribution in [0.15, 0.2) is 0 Å². The summed E-state index contributed by atoms with van der Waals surface area (Å²) in [5.41, 5.74) is 0.897. The molecule has 7 nitrogen and oxygen atoms in total. The summed E-state index contributed by atoms with van der Waals surface area (Å²) in [6, 6.07) is 0. The summed E-state index contributed by atoms with van der Waals surface area (Å²) in [5.74, 6) is -0.272. The maximum absolute atomic E-state index is 12.5. The number of nitriles is 1. The van der Waals surface area contributed by atoms with Crippen LogP contribution < -0.4 is 10.2 Å². The van der Waals surface area contributed by atoms with Gasteiger partial charge in [0.2, 0.25) is 11.0 Å². The molecule has 1 atom stereocenters. The molecular weight excluding hydrogens is 314 g/mol. The highest BCUT2D eigenvalue weighted by Gasteiger charge is 2.30. The Morgan fingerprint density at radius 2 is 2.35 bits per heavy atom. The second kappa shape index (κ2) is 7.36. The van der Waals surface area contributed by atoms with Crippen molar-refractivity contribution in [3.05, 3.63) is 10.6 Å². The number of carbonyl (C=O) groups is 1. The molecular formula is C15H21N5O2S. The van der Waals surface area contributed by atoms with E-state index < -0.39 is 0 Å². The molecule has 2 fully saturated rings. The topological polar surface area (TPSA) is 81.5 Å². The lowest BCUT2D eigenvalue weighted by Crippen LogP contribution is -2.35. The highest BCUT2D eigenvalue weighted by molar-refractivity contribution is 7.16. The number of rotatable bonds is 4. The molecule has 2 aliphatic rings. The smallest absolute Gasteiger partial charge is 0.246 e. The van der Waals surface area contributed by atoms with Gasteiger partial charge in [0, 0.05) is 31.1 Å². The normalized spacial score (nSPS) is 22.0. The zero-order chi connectivity index (χ0) is 16.2. The predicted molar refractivity (Wildman–Crippen MR) is 87.0 cm³/mol. The number of ether oxygens (including phenoxy) is 1. The molecule has 0 bridgehead atoms. The molecule has 0 aromatic carbocycles. The van der Waals surface area contributed by atoms with Crippen molar-refractivity contribution in [2.75, 3.05) is 44.3 Å². The fourth-order valence-electron chi connectivity index (χ4n) is 2.85. The Kier molecular flexibility index (Phi) is 5.23. The number of aromatic nitrogens is 1. The van der Waals surface area contributed by atoms with E-state index in [-0.39, 0.29) is 11.8 Å². The van der Waals surface area contributed by atoms with Gasteiger partial charge in [0.15, 0.2) is 6.19 Å². The number of aryl methyl sites for hydroxylation is 1. The van der Waals surface area contributed by atoms with Crippen LogP contribution in [0.25, 0.3) is 0 Å². The Morgan fingerprint density at radius 1 is 1.57 bits per heavy atom. The van der Waals surface area contributed by atoms with Crippen molar-refractivity contribution in [3.63, 3.8) is 0 Å². The van der Waals surface area contributed by atoms with Crippen molar-refractivity contribution in [1.29, 1.82) is 5.26 Å². The van der Waals surface area contributed by atoms with Gasteiger partial charge in [0.05, 0.1) is 24.8 Å². The van der Waals surface area contributed by atoms with Gasteiger partial charge in [-0.25, -0.2) is 4.98 Å². The van der Waals surface area contributed by atoms with Gasteiger partial charge < -0.3 is 10.1 Å². The van der Waals surface area contributed by atoms with Gasteiger partial charge in [0.25, 0.3) is 0 Å². The summed E-state index contributed by atoms with van der Waals surface area (Å²) in [5, 5.41) is 13.1. The average molecular weight is 335 g/mol. The summed E-state index contributed by atoms with van der Waals surface area (Å²) < 4.78 is 5.36. The van der Waals surface area contributed by atoms with Crippen LogP contribution in [0.3, 0.4) is 0 Å². The molecule has 23 heavy (non-hydrogen) atoms. The zero-order valence-electron chi connectivity index (χ0n) is 13.2. The van der Waals surface area contributed by atoms with Crippen LogP contribution >= 0.6 is 11.3 Å². The van der Waals surface area contributed by atoms with Crippen LogP contribution in [0.1, 0.15) is 17.0 Å². The number of nitrogens with one attached hydrogen (secondary N) is 1. The first-order chi connectivity index (χ1) is 11.2. The number of anilines is 1. The van der Waals surface area contributed by atoms with Gasteiger partial charge >= 0.3 is 0 Å². The number of carbonyl (C=O) groups excluding carboxylic acids is 1. The number of hydrogen-bond donors (Lipinski definition) is 1. The first-order valence-electron chi connectivity index (χ1n) is 7.90. The Balaban J connectivity index is 1.72. The molecule has 0 aliphatic carbocycles. The number of thiazole rings is 1. The van der Waals surface area contributed by atoms with E-state index in [1.165, 1.54) is 11.3 Å². The van der Waals surface area contributed by atoms with E-state index in [1.54, 1.807) is 0 Å². The van der Waals surface area contributed by atoms with Gasteiger partial charge in [-0.2, -0.15) is 10.2 Å². The van der Waals surface area contributed by atoms with Crippen molar-refractivity contribution in [2.24, 2.45) is 5.92 Å². The molecule has 1 N–H and O–H groups in total. The van der Waals surface area contributed by atoms with E-state index in [9.17, 15) is 10.1 Å². The minimum Gasteiger partial charge on any atom is -0.379 e. The van der Waals surface area contributed by atoms with Gasteiger partial charge in [0.1, 0.15) is 0 Å². The third-order valence-corrected chi connectivity index (χ3v) is 5.40. The second-order valence-corrected chi connectivity index (χ2v) is 6.92. The number of morpholine rings is 1. The maximum atomic E-state index is 12.5. The minimum atomic E-state index is -0.149. The SMILES string of the molecule is Cc1nc(N(C#N)C(=O)[C@H]2CCNC2)sc1CN1CCOCC1. The van der Waals surface area contributed by atoms with Crippen molar-refractivity contribution >= 4 is 22.4 Å². The van der Waals surface area contributed by atoms with E-state index in [2.05, 4.69) is 15.2 Å². The highest BCUT2D eigenvalue weighted by atomic mass is 32.1. The quantitative estimate of drug-likeness (QED) is 0.645. The molecule has 1 aromatic rings. The third kappa shape index (κ3) is 3.70. The first kappa shape index (κ1) is 16.3. The number of hydrogen-bond acceptors (Lipinski definition) is 7. The molecule has 0 radical (unpaired) electrons. The molecule has 1 aromatic heterocycles. The van der Waals surface area contributed by atoms with Gasteiger partial charge in [-0.15, -0.1) is 0 Å². The van der Waals surface area contributed by atoms with Gasteiger partial charge in [-0.1, -0.05) is 11.3 Å². The Labute approximate surface area is 139 Å². The lowest BCUT2D eigenvalue weighted by atomic mass is 10.1. The van der Waals surface area contributed by atoms with Crippen molar-refractivity contribution in [2.45, 2.75) is 19.9 Å². The van der Waals surface area contributed by atoms with Crippen LogP contribution in [-0.4, -0.2) is 55.2 Å². The first-order valence-corrected chi connectivity index (χ1v) is 8.71. The lowest BCUT2D eigenvalue weighted by Gasteiger charge is -2.26. The van der Waals surface area contributed by atoms with E-state index in [0.717, 1.165) is 61.3 Å². The Hall–Kier alpha value is -1.53. The van der Waals surface area contributed by atoms with Crippen LogP contribution in [0.4, 0.5) is 5.13 Å². The third-order valence-electron chi connectivity index (χ3n) is 4.27. The molecule has 2 saturated heterocycles. The van der Waals surface area contributed by atoms with Crippen molar-refractivity contribution < 1.29 is 9.53 Å². The molecule has 0 spiro atoms. The van der Waals surface area contributed by atoms with E-state index in [4.69, 9.17) is 4.74 Å². The molecule has 3 heterocycles. The monoisotopic (exact) mass is 335 g/mol. The summed E-state index contributed by atoms with van der Waals surface area (Å²) in [6.45, 7) is 7.52. The largest absolute Gasteiger partial charge is 0.379 e. The molecule has 2 aliphatic heterocycles. The standard InChI is InChI=1S/C15H21N5O2S/c1-11-13(9-19-4-6-22-7-5-19)23-15(18-11)20(10-16)14(21)12-2-3-17-8-12/h12,17H,2-9H2,1H3/t12-/m0/s1. The maximum Gasteiger partial charge on any atom is 0.246 e. The summed E-state index contributed by atoms with van der Waals surface area (Å²) >= 11 is 1.44. The molecule has 124 valence electrons. The fourth-order valence-corrected chi connectivity index (χ4v) is 3.92. The molecule has 8 heteroatoms. The molecule has 3 rings (SSSR count). The fraction of sp³-hybridized carbons (Fsp3) is 0.667. The zero-order valence-corrected chi connectivity index (χ0v) is 14.1. The summed E-state index contributed by atoms with van der Waals surface area (Å²) in [4.78, 5) is 21.5.